The second-order valence-electron chi connectivity index (χ2n) is 6.43. The van der Waals surface area contributed by atoms with Crippen LogP contribution in [0.5, 0.6) is 5.75 Å². The predicted molar refractivity (Wildman–Crippen MR) is 96.9 cm³/mol. The summed E-state index contributed by atoms with van der Waals surface area (Å²) < 4.78 is 41.9. The number of phenolic OH excluding ortho intramolecular Hbond substituents is 1. The number of benzene rings is 2. The molecule has 0 aliphatic carbocycles. The smallest absolute Gasteiger partial charge is 0.262 e. The van der Waals surface area contributed by atoms with Gasteiger partial charge in [0, 0.05) is 29.8 Å². The highest BCUT2D eigenvalue weighted by Gasteiger charge is 2.27. The first-order chi connectivity index (χ1) is 13.2. The molecule has 0 saturated carbocycles. The fraction of sp³-hybridized carbons (Fsp3) is 0.200. The molecule has 0 spiro atoms. The fourth-order valence-electron chi connectivity index (χ4n) is 3.36. The average molecular weight is 390 g/mol. The molecule has 3 rings (SSSR count). The van der Waals surface area contributed by atoms with Crippen LogP contribution in [0.1, 0.15) is 34.5 Å². The van der Waals surface area contributed by atoms with Gasteiger partial charge in [-0.3, -0.25) is 14.2 Å². The first-order valence-electron chi connectivity index (χ1n) is 8.42. The van der Waals surface area contributed by atoms with Crippen LogP contribution in [0.4, 0.5) is 13.2 Å². The van der Waals surface area contributed by atoms with Crippen LogP contribution < -0.4 is 5.32 Å². The Balaban J connectivity index is 2.31. The quantitative estimate of drug-likeness (QED) is 0.718. The van der Waals surface area contributed by atoms with E-state index in [1.54, 1.807) is 13.8 Å². The third-order valence-corrected chi connectivity index (χ3v) is 4.76. The molecule has 0 bridgehead atoms. The zero-order valence-electron chi connectivity index (χ0n) is 15.3. The lowest BCUT2D eigenvalue weighted by Crippen LogP contribution is -2.24. The summed E-state index contributed by atoms with van der Waals surface area (Å²) in [5.74, 6) is -5.65. The van der Waals surface area contributed by atoms with Gasteiger partial charge in [0.15, 0.2) is 23.2 Å². The van der Waals surface area contributed by atoms with Crippen molar-refractivity contribution in [3.05, 3.63) is 64.6 Å². The van der Waals surface area contributed by atoms with Gasteiger partial charge in [0.1, 0.15) is 0 Å². The summed E-state index contributed by atoms with van der Waals surface area (Å²) in [7, 11) is 1.46. The summed E-state index contributed by atoms with van der Waals surface area (Å²) in [6.07, 6.45) is 0. The Labute approximate surface area is 158 Å². The summed E-state index contributed by atoms with van der Waals surface area (Å²) in [6, 6.07) is 4.80. The molecule has 1 amide bonds. The summed E-state index contributed by atoms with van der Waals surface area (Å²) in [5, 5.41) is 12.6. The van der Waals surface area contributed by atoms with Gasteiger partial charge in [0.2, 0.25) is 5.91 Å². The van der Waals surface area contributed by atoms with Gasteiger partial charge in [-0.25, -0.2) is 13.2 Å². The number of nitrogens with one attached hydrogen (secondary N) is 1. The van der Waals surface area contributed by atoms with E-state index in [4.69, 9.17) is 0 Å². The van der Waals surface area contributed by atoms with Gasteiger partial charge in [-0.2, -0.15) is 0 Å². The topological polar surface area (TPSA) is 71.3 Å². The van der Waals surface area contributed by atoms with Crippen LogP contribution in [-0.4, -0.2) is 28.5 Å². The zero-order valence-corrected chi connectivity index (χ0v) is 15.3. The molecular weight excluding hydrogens is 373 g/mol. The second kappa shape index (κ2) is 7.03. The summed E-state index contributed by atoms with van der Waals surface area (Å²) in [4.78, 5) is 25.2. The normalized spacial score (nSPS) is 12.2. The van der Waals surface area contributed by atoms with E-state index in [2.05, 4.69) is 5.32 Å². The minimum absolute atomic E-state index is 0.105. The highest BCUT2D eigenvalue weighted by atomic mass is 19.2. The molecule has 8 heteroatoms. The molecule has 1 atom stereocenters. The van der Waals surface area contributed by atoms with Crippen molar-refractivity contribution in [2.24, 2.45) is 0 Å². The largest absolute Gasteiger partial charge is 0.505 e. The van der Waals surface area contributed by atoms with Crippen LogP contribution in [0.25, 0.3) is 10.9 Å². The zero-order chi connectivity index (χ0) is 20.7. The Kier molecular flexibility index (Phi) is 4.89. The van der Waals surface area contributed by atoms with Gasteiger partial charge in [-0.05, 0) is 43.7 Å². The summed E-state index contributed by atoms with van der Waals surface area (Å²) in [6.45, 7) is 3.16. The van der Waals surface area contributed by atoms with Crippen LogP contribution in [0.3, 0.4) is 0 Å². The fourth-order valence-corrected chi connectivity index (χ4v) is 3.36. The SMILES string of the molecule is CNC(=O)[C@@H](C)c1c(C)n(C(=O)c2ccc(F)c(F)c2)c2cc(F)c(O)cc12. The van der Waals surface area contributed by atoms with Gasteiger partial charge in [0.05, 0.1) is 11.4 Å². The van der Waals surface area contributed by atoms with Gasteiger partial charge in [0.25, 0.3) is 5.91 Å². The molecule has 0 fully saturated rings. The molecule has 28 heavy (non-hydrogen) atoms. The van der Waals surface area contributed by atoms with Crippen LogP contribution in [0, 0.1) is 24.4 Å². The maximum atomic E-state index is 14.0. The molecule has 5 nitrogen and oxygen atoms in total. The Morgan fingerprint density at radius 3 is 2.36 bits per heavy atom. The molecule has 0 unspecified atom stereocenters. The molecule has 0 aliphatic rings. The molecule has 2 N–H and O–H groups in total. The maximum absolute atomic E-state index is 14.0. The van der Waals surface area contributed by atoms with E-state index in [0.717, 1.165) is 34.9 Å². The van der Waals surface area contributed by atoms with Gasteiger partial charge in [-0.15, -0.1) is 0 Å². The number of carbonyl (C=O) groups is 2. The highest BCUT2D eigenvalue weighted by Crippen LogP contribution is 2.36. The predicted octanol–water partition coefficient (Wildman–Crippen LogP) is 3.61. The molecule has 1 heterocycles. The number of amides is 1. The Morgan fingerprint density at radius 1 is 1.07 bits per heavy atom. The van der Waals surface area contributed by atoms with Crippen molar-refractivity contribution in [1.82, 2.24) is 9.88 Å². The number of halogens is 3. The van der Waals surface area contributed by atoms with Crippen molar-refractivity contribution < 1.29 is 27.9 Å². The monoisotopic (exact) mass is 390 g/mol. The molecule has 146 valence electrons. The third kappa shape index (κ3) is 3.00. The van der Waals surface area contributed by atoms with E-state index < -0.39 is 35.0 Å². The number of hydrogen-bond donors (Lipinski definition) is 2. The minimum Gasteiger partial charge on any atom is -0.505 e. The molecular formula is C20H17F3N2O3. The average Bonchev–Trinajstić information content (AvgIpc) is 2.93. The van der Waals surface area contributed by atoms with Crippen LogP contribution in [-0.2, 0) is 4.79 Å². The molecule has 3 aromatic rings. The van der Waals surface area contributed by atoms with E-state index in [1.807, 2.05) is 0 Å². The highest BCUT2D eigenvalue weighted by molar-refractivity contribution is 6.05. The van der Waals surface area contributed by atoms with Crippen molar-refractivity contribution in [3.8, 4) is 5.75 Å². The van der Waals surface area contributed by atoms with E-state index in [-0.39, 0.29) is 17.0 Å². The van der Waals surface area contributed by atoms with Crippen LogP contribution in [0.2, 0.25) is 0 Å². The minimum atomic E-state index is -1.19. The molecule has 0 saturated heterocycles. The van der Waals surface area contributed by atoms with Crippen LogP contribution in [0.15, 0.2) is 30.3 Å². The van der Waals surface area contributed by atoms with Crippen molar-refractivity contribution in [2.75, 3.05) is 7.05 Å². The Morgan fingerprint density at radius 2 is 1.75 bits per heavy atom. The number of rotatable bonds is 3. The molecule has 1 aromatic heterocycles. The lowest BCUT2D eigenvalue weighted by atomic mass is 9.97. The number of carbonyl (C=O) groups excluding carboxylic acids is 2. The van der Waals surface area contributed by atoms with Crippen LogP contribution >= 0.6 is 0 Å². The number of aromatic nitrogens is 1. The number of nitrogens with zero attached hydrogens (tertiary/aromatic N) is 1. The summed E-state index contributed by atoms with van der Waals surface area (Å²) >= 11 is 0. The first-order valence-corrected chi connectivity index (χ1v) is 8.42. The van der Waals surface area contributed by atoms with Gasteiger partial charge >= 0.3 is 0 Å². The third-order valence-electron chi connectivity index (χ3n) is 4.76. The van der Waals surface area contributed by atoms with E-state index in [9.17, 15) is 27.9 Å². The number of aromatic hydroxyl groups is 1. The maximum Gasteiger partial charge on any atom is 0.262 e. The second-order valence-corrected chi connectivity index (χ2v) is 6.43. The van der Waals surface area contributed by atoms with E-state index in [0.29, 0.717) is 16.6 Å². The lowest BCUT2D eigenvalue weighted by Gasteiger charge is -2.12. The summed E-state index contributed by atoms with van der Waals surface area (Å²) in [5.41, 5.74) is 0.700. The Bertz CT molecular complexity index is 1120. The van der Waals surface area contributed by atoms with E-state index in [1.165, 1.54) is 7.05 Å². The van der Waals surface area contributed by atoms with Gasteiger partial charge < -0.3 is 10.4 Å². The lowest BCUT2D eigenvalue weighted by molar-refractivity contribution is -0.121. The Hall–Kier alpha value is -3.29. The van der Waals surface area contributed by atoms with Crippen molar-refractivity contribution in [1.29, 1.82) is 0 Å². The van der Waals surface area contributed by atoms with E-state index >= 15 is 0 Å². The molecule has 0 aliphatic heterocycles. The first kappa shape index (κ1) is 19.5. The number of phenols is 1. The van der Waals surface area contributed by atoms with Crippen molar-refractivity contribution in [3.63, 3.8) is 0 Å². The molecule has 0 radical (unpaired) electrons. The van der Waals surface area contributed by atoms with Crippen molar-refractivity contribution in [2.45, 2.75) is 19.8 Å². The number of likely N-dealkylation sites (N-methyl/N-ethyl adjacent to an activating group) is 1. The number of fused-ring (bicyclic) bond motifs is 1. The van der Waals surface area contributed by atoms with Gasteiger partial charge in [-0.1, -0.05) is 0 Å². The number of hydrogen-bond acceptors (Lipinski definition) is 3. The standard InChI is InChI=1S/C20H17F3N2O3/c1-9(19(27)24-3)18-10(2)25(16-8-15(23)17(26)7-12(16)18)20(28)11-4-5-13(21)14(22)6-11/h4-9,26H,1-3H3,(H,24,27)/t9-/m0/s1. The molecule has 2 aromatic carbocycles. The van der Waals surface area contributed by atoms with Crippen molar-refractivity contribution >= 4 is 22.7 Å².